The van der Waals surface area contributed by atoms with Gasteiger partial charge in [-0.15, -0.1) is 0 Å². The molecule has 1 heterocycles. The molecule has 0 atom stereocenters. The Kier molecular flexibility index (Phi) is 5.12. The Morgan fingerprint density at radius 3 is 1.64 bits per heavy atom. The molecular weight excluding hydrogens is 148 g/mol. The number of allylic oxidation sites excluding steroid dienone is 4. The lowest BCUT2D eigenvalue weighted by Crippen LogP contribution is -1.94. The molecule has 0 bridgehead atoms. The van der Waals surface area contributed by atoms with Crippen LogP contribution in [0.4, 0.5) is 0 Å². The first-order chi connectivity index (χ1) is 5.50. The predicted octanol–water partition coefficient (Wildman–Crippen LogP) is 2.68. The summed E-state index contributed by atoms with van der Waals surface area (Å²) >= 11 is 0. The van der Waals surface area contributed by atoms with Gasteiger partial charge in [-0.3, -0.25) is 0 Å². The molecule has 0 N–H and O–H groups in total. The lowest BCUT2D eigenvalue weighted by molar-refractivity contribution is 0.734. The van der Waals surface area contributed by atoms with E-state index in [0.29, 0.717) is 9.52 Å². The summed E-state index contributed by atoms with van der Waals surface area (Å²) in [5, 5.41) is 0. The van der Waals surface area contributed by atoms with Gasteiger partial charge in [-0.25, -0.2) is 0 Å². The number of hydrogen-bond donors (Lipinski definition) is 0. The molecule has 2 aliphatic rings. The average Bonchev–Trinajstić information content (AvgIpc) is 2.64. The molecule has 0 nitrogen and oxygen atoms in total. The molecule has 1 aliphatic heterocycles. The molecule has 1 saturated heterocycles. The van der Waals surface area contributed by atoms with Gasteiger partial charge in [-0.1, -0.05) is 55.7 Å². The van der Waals surface area contributed by atoms with Gasteiger partial charge in [0, 0.05) is 9.52 Å². The molecule has 1 fully saturated rings. The van der Waals surface area contributed by atoms with E-state index >= 15 is 0 Å². The zero-order valence-corrected chi connectivity index (χ0v) is 8.67. The highest BCUT2D eigenvalue weighted by Gasteiger charge is 1.96. The van der Waals surface area contributed by atoms with Gasteiger partial charge in [0.05, 0.1) is 0 Å². The highest BCUT2D eigenvalue weighted by Crippen LogP contribution is 2.10. The normalized spacial score (nSPS) is 21.1. The number of hydrogen-bond acceptors (Lipinski definition) is 0. The van der Waals surface area contributed by atoms with Crippen molar-refractivity contribution in [2.75, 3.05) is 0 Å². The fourth-order valence-electron chi connectivity index (χ4n) is 1.45. The third-order valence-corrected chi connectivity index (χ3v) is 4.16. The Morgan fingerprint density at radius 2 is 1.45 bits per heavy atom. The second kappa shape index (κ2) is 6.41. The van der Waals surface area contributed by atoms with Gasteiger partial charge in [0.2, 0.25) is 0 Å². The van der Waals surface area contributed by atoms with Gasteiger partial charge in [0.15, 0.2) is 0 Å². The van der Waals surface area contributed by atoms with Gasteiger partial charge in [0.1, 0.15) is 0 Å². The Hall–Kier alpha value is -0.303. The van der Waals surface area contributed by atoms with Gasteiger partial charge < -0.3 is 0 Å². The minimum absolute atomic E-state index is 0.508. The lowest BCUT2D eigenvalue weighted by Gasteiger charge is -2.04. The first-order valence-corrected chi connectivity index (χ1v) is 6.82. The fourth-order valence-corrected chi connectivity index (χ4v) is 3.22. The van der Waals surface area contributed by atoms with Crippen molar-refractivity contribution < 1.29 is 0 Å². The molecule has 0 radical (unpaired) electrons. The van der Waals surface area contributed by atoms with Crippen molar-refractivity contribution >= 4 is 9.52 Å². The van der Waals surface area contributed by atoms with Crippen molar-refractivity contribution in [2.24, 2.45) is 0 Å². The fraction of sp³-hybridized carbons (Fsp3) is 0.600. The van der Waals surface area contributed by atoms with Crippen LogP contribution >= 0.6 is 0 Å². The van der Waals surface area contributed by atoms with Crippen LogP contribution in [0.1, 0.15) is 25.7 Å². The average molecular weight is 166 g/mol. The van der Waals surface area contributed by atoms with E-state index in [9.17, 15) is 0 Å². The summed E-state index contributed by atoms with van der Waals surface area (Å²) in [4.78, 5) is 0. The summed E-state index contributed by atoms with van der Waals surface area (Å²) in [5.74, 6) is 0. The molecule has 11 heavy (non-hydrogen) atoms. The molecule has 62 valence electrons. The smallest absolute Gasteiger partial charge is 0.0197 e. The maximum atomic E-state index is 2.12. The Bertz CT molecular complexity index is 110. The van der Waals surface area contributed by atoms with Crippen LogP contribution in [-0.4, -0.2) is 9.52 Å². The highest BCUT2D eigenvalue weighted by atomic mass is 28.2. The van der Waals surface area contributed by atoms with Crippen LogP contribution in [0.3, 0.4) is 0 Å². The van der Waals surface area contributed by atoms with E-state index in [4.69, 9.17) is 0 Å². The molecule has 2 rings (SSSR count). The molecule has 1 aliphatic carbocycles. The molecule has 0 amide bonds. The molecule has 0 unspecified atom stereocenters. The van der Waals surface area contributed by atoms with Gasteiger partial charge in [-0.05, 0) is 6.42 Å². The zero-order chi connectivity index (χ0) is 7.78. The second-order valence-corrected chi connectivity index (χ2v) is 5.33. The third kappa shape index (κ3) is 5.02. The van der Waals surface area contributed by atoms with Crippen molar-refractivity contribution in [3.63, 3.8) is 0 Å². The van der Waals surface area contributed by atoms with Gasteiger partial charge >= 0.3 is 0 Å². The molecular formula is C10H18Si. The Morgan fingerprint density at radius 1 is 0.818 bits per heavy atom. The Labute approximate surface area is 72.2 Å². The molecule has 1 heteroatoms. The molecule has 0 aromatic heterocycles. The van der Waals surface area contributed by atoms with E-state index in [2.05, 4.69) is 24.3 Å². The van der Waals surface area contributed by atoms with Crippen molar-refractivity contribution in [3.05, 3.63) is 24.3 Å². The van der Waals surface area contributed by atoms with Crippen LogP contribution in [0, 0.1) is 0 Å². The van der Waals surface area contributed by atoms with Crippen molar-refractivity contribution in [1.29, 1.82) is 0 Å². The summed E-state index contributed by atoms with van der Waals surface area (Å²) in [6, 6.07) is 3.28. The largest absolute Gasteiger partial charge is 0.0808 e. The lowest BCUT2D eigenvalue weighted by atomic mass is 10.3. The summed E-state index contributed by atoms with van der Waals surface area (Å²) in [7, 11) is 0.508. The quantitative estimate of drug-likeness (QED) is 0.485. The van der Waals surface area contributed by atoms with Crippen molar-refractivity contribution in [3.8, 4) is 0 Å². The molecule has 0 saturated carbocycles. The predicted molar refractivity (Wildman–Crippen MR) is 54.9 cm³/mol. The van der Waals surface area contributed by atoms with Crippen LogP contribution in [0.15, 0.2) is 24.3 Å². The van der Waals surface area contributed by atoms with E-state index in [1.54, 1.807) is 24.9 Å². The van der Waals surface area contributed by atoms with Gasteiger partial charge in [-0.2, -0.15) is 0 Å². The third-order valence-electron chi connectivity index (χ3n) is 2.16. The topological polar surface area (TPSA) is 0 Å². The van der Waals surface area contributed by atoms with Crippen molar-refractivity contribution in [1.82, 2.24) is 0 Å². The number of rotatable bonds is 0. The van der Waals surface area contributed by atoms with Crippen LogP contribution in [0.25, 0.3) is 0 Å². The first kappa shape index (κ1) is 8.79. The van der Waals surface area contributed by atoms with E-state index in [1.165, 1.54) is 6.42 Å². The van der Waals surface area contributed by atoms with E-state index in [1.807, 2.05) is 0 Å². The molecule has 0 spiro atoms. The highest BCUT2D eigenvalue weighted by molar-refractivity contribution is 6.35. The summed E-state index contributed by atoms with van der Waals surface area (Å²) < 4.78 is 0. The van der Waals surface area contributed by atoms with Crippen LogP contribution in [0.5, 0.6) is 0 Å². The van der Waals surface area contributed by atoms with E-state index < -0.39 is 0 Å². The second-order valence-electron chi connectivity index (χ2n) is 3.21. The van der Waals surface area contributed by atoms with E-state index in [0.717, 1.165) is 6.42 Å². The zero-order valence-electron chi connectivity index (χ0n) is 7.26. The van der Waals surface area contributed by atoms with E-state index in [-0.39, 0.29) is 0 Å². The standard InChI is InChI=1S/C5H12Si.C5H6/c1-2-4-6-5-3-1;1-2-4-5-3-1/h1-6H2;1-4H,5H2. The minimum atomic E-state index is 0.508. The maximum Gasteiger partial charge on any atom is 0.0197 e. The first-order valence-electron chi connectivity index (χ1n) is 4.82. The SMILES string of the molecule is C1=CCC=C1.C1CC[SiH2]CC1. The summed E-state index contributed by atoms with van der Waals surface area (Å²) in [6.07, 6.45) is 14.2. The maximum absolute atomic E-state index is 2.12. The van der Waals surface area contributed by atoms with Crippen molar-refractivity contribution in [2.45, 2.75) is 37.8 Å². The monoisotopic (exact) mass is 166 g/mol. The summed E-state index contributed by atoms with van der Waals surface area (Å²) in [5.41, 5.74) is 0. The van der Waals surface area contributed by atoms with Gasteiger partial charge in [0.25, 0.3) is 0 Å². The van der Waals surface area contributed by atoms with Crippen LogP contribution in [-0.2, 0) is 0 Å². The van der Waals surface area contributed by atoms with Crippen LogP contribution in [0.2, 0.25) is 12.1 Å². The minimum Gasteiger partial charge on any atom is -0.0808 e. The Balaban J connectivity index is 0.000000112. The molecule has 0 aromatic rings. The molecule has 0 aromatic carbocycles. The van der Waals surface area contributed by atoms with Crippen LogP contribution < -0.4 is 0 Å². The summed E-state index contributed by atoms with van der Waals surface area (Å²) in [6.45, 7) is 0.